The molecular weight excluding hydrogens is 400 g/mol. The van der Waals surface area contributed by atoms with Crippen molar-refractivity contribution in [2.45, 2.75) is 32.6 Å². The Morgan fingerprint density at radius 2 is 1.66 bits per heavy atom. The van der Waals surface area contributed by atoms with Gasteiger partial charge in [0.15, 0.2) is 0 Å². The largest absolute Gasteiger partial charge is 0.399 e. The topological polar surface area (TPSA) is 88.3 Å². The van der Waals surface area contributed by atoms with Crippen LogP contribution >= 0.6 is 0 Å². The number of amides is 2. The van der Waals surface area contributed by atoms with E-state index in [0.717, 1.165) is 29.8 Å². The first-order valence-electron chi connectivity index (χ1n) is 10.9. The Morgan fingerprint density at radius 3 is 2.31 bits per heavy atom. The molecule has 1 fully saturated rings. The number of piperidine rings is 1. The molecule has 0 unspecified atom stereocenters. The molecule has 0 spiro atoms. The number of pyridine rings is 1. The molecule has 0 bridgehead atoms. The average Bonchev–Trinajstić information content (AvgIpc) is 2.81. The van der Waals surface area contributed by atoms with Crippen LogP contribution in [-0.4, -0.2) is 34.8 Å². The second-order valence-corrected chi connectivity index (χ2v) is 8.41. The van der Waals surface area contributed by atoms with Crippen molar-refractivity contribution >= 4 is 23.2 Å². The number of nitrogens with two attached hydrogens (primary N) is 1. The quantitative estimate of drug-likeness (QED) is 0.597. The Morgan fingerprint density at radius 1 is 0.969 bits per heavy atom. The van der Waals surface area contributed by atoms with Gasteiger partial charge in [0.1, 0.15) is 0 Å². The van der Waals surface area contributed by atoms with Gasteiger partial charge >= 0.3 is 0 Å². The molecule has 1 saturated heterocycles. The van der Waals surface area contributed by atoms with E-state index in [2.05, 4.69) is 22.4 Å². The third kappa shape index (κ3) is 4.80. The molecule has 0 radical (unpaired) electrons. The van der Waals surface area contributed by atoms with E-state index in [9.17, 15) is 9.59 Å². The highest BCUT2D eigenvalue weighted by atomic mass is 16.2. The number of likely N-dealkylation sites (tertiary alicyclic amines) is 1. The Hall–Kier alpha value is -3.67. The number of carbonyl (C=O) groups excluding carboxylic acids is 2. The van der Waals surface area contributed by atoms with Gasteiger partial charge in [-0.25, -0.2) is 0 Å². The summed E-state index contributed by atoms with van der Waals surface area (Å²) >= 11 is 0. The standard InChI is InChI=1S/C26H28N4O2/c1-17-3-5-21(15-24(17)29-25(31)22-6-4-18(2)28-16-22)26(32)30-13-11-20(12-14-30)19-7-9-23(27)10-8-19/h3-10,15-16,20H,11-14,27H2,1-2H3,(H,29,31). The Kier molecular flexibility index (Phi) is 6.21. The van der Waals surface area contributed by atoms with Gasteiger partial charge in [0.25, 0.3) is 11.8 Å². The molecule has 2 aromatic carbocycles. The maximum absolute atomic E-state index is 13.1. The number of benzene rings is 2. The van der Waals surface area contributed by atoms with Gasteiger partial charge in [-0.15, -0.1) is 0 Å². The predicted molar refractivity (Wildman–Crippen MR) is 127 cm³/mol. The van der Waals surface area contributed by atoms with Gasteiger partial charge in [-0.3, -0.25) is 14.6 Å². The lowest BCUT2D eigenvalue weighted by Gasteiger charge is -2.32. The van der Waals surface area contributed by atoms with Crippen LogP contribution in [0, 0.1) is 13.8 Å². The fourth-order valence-corrected chi connectivity index (χ4v) is 4.05. The van der Waals surface area contributed by atoms with Crippen LogP contribution < -0.4 is 11.1 Å². The fraction of sp³-hybridized carbons (Fsp3) is 0.269. The molecule has 0 aliphatic carbocycles. The summed E-state index contributed by atoms with van der Waals surface area (Å²) in [6.07, 6.45) is 3.40. The monoisotopic (exact) mass is 428 g/mol. The van der Waals surface area contributed by atoms with Gasteiger partial charge in [-0.05, 0) is 80.1 Å². The van der Waals surface area contributed by atoms with Gasteiger partial charge in [-0.2, -0.15) is 0 Å². The van der Waals surface area contributed by atoms with E-state index >= 15 is 0 Å². The summed E-state index contributed by atoms with van der Waals surface area (Å²) in [6.45, 7) is 5.20. The molecule has 1 aliphatic rings. The van der Waals surface area contributed by atoms with E-state index in [0.29, 0.717) is 35.8 Å². The summed E-state index contributed by atoms with van der Waals surface area (Å²) in [5, 5.41) is 2.92. The van der Waals surface area contributed by atoms with Crippen LogP contribution in [0.3, 0.4) is 0 Å². The fourth-order valence-electron chi connectivity index (χ4n) is 4.05. The zero-order valence-corrected chi connectivity index (χ0v) is 18.5. The van der Waals surface area contributed by atoms with Crippen molar-refractivity contribution < 1.29 is 9.59 Å². The minimum Gasteiger partial charge on any atom is -0.399 e. The number of nitrogen functional groups attached to an aromatic ring is 1. The molecule has 1 aliphatic heterocycles. The number of anilines is 2. The number of nitrogens with one attached hydrogen (secondary N) is 1. The summed E-state index contributed by atoms with van der Waals surface area (Å²) < 4.78 is 0. The normalized spacial score (nSPS) is 14.2. The second-order valence-electron chi connectivity index (χ2n) is 8.41. The van der Waals surface area contributed by atoms with Crippen LogP contribution in [0.2, 0.25) is 0 Å². The second kappa shape index (κ2) is 9.22. The lowest BCUT2D eigenvalue weighted by Crippen LogP contribution is -2.38. The first-order chi connectivity index (χ1) is 15.4. The Labute approximate surface area is 188 Å². The van der Waals surface area contributed by atoms with E-state index in [4.69, 9.17) is 5.73 Å². The summed E-state index contributed by atoms with van der Waals surface area (Å²) in [5.74, 6) is 0.193. The van der Waals surface area contributed by atoms with Gasteiger partial charge in [-0.1, -0.05) is 18.2 Å². The first kappa shape index (κ1) is 21.6. The van der Waals surface area contributed by atoms with Gasteiger partial charge in [0.2, 0.25) is 0 Å². The van der Waals surface area contributed by atoms with Crippen LogP contribution in [0.5, 0.6) is 0 Å². The molecule has 3 aromatic rings. The molecule has 0 saturated carbocycles. The van der Waals surface area contributed by atoms with Crippen molar-refractivity contribution in [3.63, 3.8) is 0 Å². The number of nitrogens with zero attached hydrogens (tertiary/aromatic N) is 2. The minimum absolute atomic E-state index is 0.00624. The highest BCUT2D eigenvalue weighted by Crippen LogP contribution is 2.29. The van der Waals surface area contributed by atoms with Gasteiger partial charge in [0.05, 0.1) is 5.56 Å². The average molecular weight is 429 g/mol. The maximum Gasteiger partial charge on any atom is 0.257 e. The highest BCUT2D eigenvalue weighted by Gasteiger charge is 2.25. The summed E-state index contributed by atoms with van der Waals surface area (Å²) in [6, 6.07) is 17.0. The lowest BCUT2D eigenvalue weighted by atomic mass is 9.89. The SMILES string of the molecule is Cc1ccc(C(=O)Nc2cc(C(=O)N3CCC(c4ccc(N)cc4)CC3)ccc2C)cn1. The van der Waals surface area contributed by atoms with Crippen LogP contribution in [0.4, 0.5) is 11.4 Å². The first-order valence-corrected chi connectivity index (χ1v) is 10.9. The van der Waals surface area contributed by atoms with Crippen molar-refractivity contribution in [2.24, 2.45) is 0 Å². The van der Waals surface area contributed by atoms with Crippen LogP contribution in [-0.2, 0) is 0 Å². The summed E-state index contributed by atoms with van der Waals surface area (Å²) in [7, 11) is 0. The number of rotatable bonds is 4. The van der Waals surface area contributed by atoms with Crippen molar-refractivity contribution in [3.8, 4) is 0 Å². The van der Waals surface area contributed by atoms with Gasteiger partial charge < -0.3 is 16.0 Å². The number of aryl methyl sites for hydroxylation is 2. The molecule has 3 N–H and O–H groups in total. The number of hydrogen-bond acceptors (Lipinski definition) is 4. The van der Waals surface area contributed by atoms with E-state index in [1.807, 2.05) is 43.0 Å². The third-order valence-electron chi connectivity index (χ3n) is 6.10. The molecule has 4 rings (SSSR count). The van der Waals surface area contributed by atoms with Crippen molar-refractivity contribution in [2.75, 3.05) is 24.1 Å². The molecular formula is C26H28N4O2. The summed E-state index contributed by atoms with van der Waals surface area (Å²) in [4.78, 5) is 31.8. The van der Waals surface area contributed by atoms with Gasteiger partial charge in [0, 0.05) is 41.9 Å². The van der Waals surface area contributed by atoms with Crippen molar-refractivity contribution in [1.29, 1.82) is 0 Å². The highest BCUT2D eigenvalue weighted by molar-refractivity contribution is 6.05. The summed E-state index contributed by atoms with van der Waals surface area (Å²) in [5.41, 5.74) is 11.3. The van der Waals surface area contributed by atoms with Crippen LogP contribution in [0.25, 0.3) is 0 Å². The van der Waals surface area contributed by atoms with Crippen molar-refractivity contribution in [3.05, 3.63) is 88.7 Å². The van der Waals surface area contributed by atoms with E-state index in [1.165, 1.54) is 5.56 Å². The zero-order valence-electron chi connectivity index (χ0n) is 18.5. The Bertz CT molecular complexity index is 1120. The molecule has 1 aromatic heterocycles. The van der Waals surface area contributed by atoms with Crippen LogP contribution in [0.1, 0.15) is 56.3 Å². The number of aromatic nitrogens is 1. The molecule has 0 atom stereocenters. The number of hydrogen-bond donors (Lipinski definition) is 2. The minimum atomic E-state index is -0.241. The number of carbonyl (C=O) groups is 2. The molecule has 6 nitrogen and oxygen atoms in total. The van der Waals surface area contributed by atoms with Crippen LogP contribution in [0.15, 0.2) is 60.8 Å². The molecule has 6 heteroatoms. The maximum atomic E-state index is 13.1. The van der Waals surface area contributed by atoms with E-state index < -0.39 is 0 Å². The predicted octanol–water partition coefficient (Wildman–Crippen LogP) is 4.55. The van der Waals surface area contributed by atoms with E-state index in [-0.39, 0.29) is 11.8 Å². The zero-order chi connectivity index (χ0) is 22.7. The van der Waals surface area contributed by atoms with E-state index in [1.54, 1.807) is 24.4 Å². The third-order valence-corrected chi connectivity index (χ3v) is 6.10. The Balaban J connectivity index is 1.42. The van der Waals surface area contributed by atoms with Crippen molar-refractivity contribution in [1.82, 2.24) is 9.88 Å². The molecule has 32 heavy (non-hydrogen) atoms. The molecule has 2 amide bonds. The lowest BCUT2D eigenvalue weighted by molar-refractivity contribution is 0.0712. The molecule has 164 valence electrons. The molecule has 2 heterocycles. The smallest absolute Gasteiger partial charge is 0.257 e.